The summed E-state index contributed by atoms with van der Waals surface area (Å²) in [6.45, 7) is 0. The second-order valence-electron chi connectivity index (χ2n) is 5.38. The van der Waals surface area contributed by atoms with E-state index in [1.165, 1.54) is 0 Å². The zero-order valence-corrected chi connectivity index (χ0v) is 13.5. The molecular formula is C20H13NO2S. The molecule has 0 fully saturated rings. The van der Waals surface area contributed by atoms with Crippen LogP contribution in [0.15, 0.2) is 87.6 Å². The van der Waals surface area contributed by atoms with Crippen molar-refractivity contribution in [3.8, 4) is 0 Å². The highest BCUT2D eigenvalue weighted by Crippen LogP contribution is 2.41. The molecule has 1 aliphatic rings. The lowest BCUT2D eigenvalue weighted by Gasteiger charge is -2.11. The minimum atomic E-state index is -0.948. The van der Waals surface area contributed by atoms with Gasteiger partial charge >= 0.3 is 5.97 Å². The standard InChI is InChI=1S/C20H13NO2S/c22-20(23)14-8-2-1-7-13(14)19-15-9-3-5-11-17(15)24-18-12-6-4-10-16(18)21-19/h1-12H,(H,22,23). The Balaban J connectivity index is 2.03. The number of carboxylic acid groups (broad SMARTS) is 1. The van der Waals surface area contributed by atoms with Crippen molar-refractivity contribution in [2.24, 2.45) is 4.99 Å². The van der Waals surface area contributed by atoms with E-state index in [0.717, 1.165) is 21.0 Å². The number of carbonyl (C=O) groups is 1. The van der Waals surface area contributed by atoms with Gasteiger partial charge in [-0.2, -0.15) is 0 Å². The Morgan fingerprint density at radius 1 is 0.792 bits per heavy atom. The van der Waals surface area contributed by atoms with E-state index in [-0.39, 0.29) is 5.56 Å². The van der Waals surface area contributed by atoms with Crippen molar-refractivity contribution in [1.29, 1.82) is 0 Å². The molecule has 1 aliphatic heterocycles. The molecule has 1 N–H and O–H groups in total. The van der Waals surface area contributed by atoms with Crippen molar-refractivity contribution in [3.05, 3.63) is 89.5 Å². The second kappa shape index (κ2) is 5.98. The van der Waals surface area contributed by atoms with Gasteiger partial charge in [-0.05, 0) is 24.3 Å². The van der Waals surface area contributed by atoms with Crippen molar-refractivity contribution in [2.45, 2.75) is 9.79 Å². The van der Waals surface area contributed by atoms with Crippen LogP contribution >= 0.6 is 11.8 Å². The molecule has 0 unspecified atom stereocenters. The molecule has 3 aromatic rings. The van der Waals surface area contributed by atoms with E-state index < -0.39 is 5.97 Å². The summed E-state index contributed by atoms with van der Waals surface area (Å²) in [6.07, 6.45) is 0. The molecule has 0 aromatic heterocycles. The molecular weight excluding hydrogens is 318 g/mol. The number of benzene rings is 3. The van der Waals surface area contributed by atoms with Crippen LogP contribution in [0.5, 0.6) is 0 Å². The maximum Gasteiger partial charge on any atom is 0.336 e. The zero-order valence-electron chi connectivity index (χ0n) is 12.6. The molecule has 3 aromatic carbocycles. The van der Waals surface area contributed by atoms with Gasteiger partial charge < -0.3 is 5.11 Å². The van der Waals surface area contributed by atoms with Gasteiger partial charge in [0.1, 0.15) is 0 Å². The van der Waals surface area contributed by atoms with E-state index in [0.29, 0.717) is 11.3 Å². The fraction of sp³-hybridized carbons (Fsp3) is 0. The van der Waals surface area contributed by atoms with Crippen LogP contribution in [-0.2, 0) is 0 Å². The summed E-state index contributed by atoms with van der Waals surface area (Å²) in [6, 6.07) is 22.9. The average Bonchev–Trinajstić information content (AvgIpc) is 2.78. The van der Waals surface area contributed by atoms with Crippen LogP contribution in [-0.4, -0.2) is 16.8 Å². The van der Waals surface area contributed by atoms with Gasteiger partial charge in [0.15, 0.2) is 0 Å². The van der Waals surface area contributed by atoms with Crippen LogP contribution in [0, 0.1) is 0 Å². The summed E-state index contributed by atoms with van der Waals surface area (Å²) in [7, 11) is 0. The predicted molar refractivity (Wildman–Crippen MR) is 95.7 cm³/mol. The fourth-order valence-corrected chi connectivity index (χ4v) is 3.79. The third kappa shape index (κ3) is 2.51. The predicted octanol–water partition coefficient (Wildman–Crippen LogP) is 5.02. The molecule has 0 aliphatic carbocycles. The van der Waals surface area contributed by atoms with Crippen molar-refractivity contribution in [3.63, 3.8) is 0 Å². The first kappa shape index (κ1) is 14.7. The highest BCUT2D eigenvalue weighted by Gasteiger charge is 2.21. The average molecular weight is 331 g/mol. The molecule has 0 amide bonds. The highest BCUT2D eigenvalue weighted by atomic mass is 32.2. The van der Waals surface area contributed by atoms with Crippen molar-refractivity contribution >= 4 is 29.1 Å². The summed E-state index contributed by atoms with van der Waals surface area (Å²) in [4.78, 5) is 18.6. The van der Waals surface area contributed by atoms with E-state index in [2.05, 4.69) is 0 Å². The topological polar surface area (TPSA) is 49.7 Å². The molecule has 0 radical (unpaired) electrons. The second-order valence-corrected chi connectivity index (χ2v) is 6.46. The summed E-state index contributed by atoms with van der Waals surface area (Å²) >= 11 is 1.65. The third-order valence-corrected chi connectivity index (χ3v) is 5.01. The maximum atomic E-state index is 11.6. The number of aliphatic imine (C=N–C) groups is 1. The molecule has 24 heavy (non-hydrogen) atoms. The van der Waals surface area contributed by atoms with Gasteiger partial charge in [0.25, 0.3) is 0 Å². The van der Waals surface area contributed by atoms with E-state index in [1.807, 2.05) is 60.7 Å². The molecule has 0 atom stereocenters. The lowest BCUT2D eigenvalue weighted by atomic mass is 9.97. The lowest BCUT2D eigenvalue weighted by Crippen LogP contribution is -2.11. The van der Waals surface area contributed by atoms with Gasteiger partial charge in [-0.1, -0.05) is 60.3 Å². The monoisotopic (exact) mass is 331 g/mol. The molecule has 116 valence electrons. The molecule has 0 saturated carbocycles. The smallest absolute Gasteiger partial charge is 0.336 e. The Morgan fingerprint density at radius 3 is 2.21 bits per heavy atom. The van der Waals surface area contributed by atoms with Gasteiger partial charge in [0, 0.05) is 20.9 Å². The van der Waals surface area contributed by atoms with E-state index in [4.69, 9.17) is 4.99 Å². The van der Waals surface area contributed by atoms with Crippen LogP contribution in [0.1, 0.15) is 21.5 Å². The summed E-state index contributed by atoms with van der Waals surface area (Å²) in [5, 5.41) is 9.55. The Hall–Kier alpha value is -2.85. The zero-order chi connectivity index (χ0) is 16.5. The maximum absolute atomic E-state index is 11.6. The van der Waals surface area contributed by atoms with Crippen LogP contribution in [0.25, 0.3) is 0 Å². The quantitative estimate of drug-likeness (QED) is 0.561. The largest absolute Gasteiger partial charge is 0.478 e. The Kier molecular flexibility index (Phi) is 3.67. The van der Waals surface area contributed by atoms with Gasteiger partial charge in [-0.15, -0.1) is 0 Å². The number of fused-ring (bicyclic) bond motifs is 2. The first-order valence-electron chi connectivity index (χ1n) is 7.52. The van der Waals surface area contributed by atoms with Gasteiger partial charge in [-0.25, -0.2) is 9.79 Å². The Bertz CT molecular complexity index is 979. The van der Waals surface area contributed by atoms with Crippen molar-refractivity contribution < 1.29 is 9.90 Å². The SMILES string of the molecule is O=C(O)c1ccccc1C1=Nc2ccccc2Sc2ccccc21. The summed E-state index contributed by atoms with van der Waals surface area (Å²) < 4.78 is 0. The first-order valence-corrected chi connectivity index (χ1v) is 8.33. The number of rotatable bonds is 2. The van der Waals surface area contributed by atoms with Gasteiger partial charge in [0.05, 0.1) is 17.0 Å². The van der Waals surface area contributed by atoms with Crippen LogP contribution in [0.2, 0.25) is 0 Å². The normalized spacial score (nSPS) is 12.6. The summed E-state index contributed by atoms with van der Waals surface area (Å²) in [5.41, 5.74) is 3.40. The lowest BCUT2D eigenvalue weighted by molar-refractivity contribution is 0.0696. The molecule has 0 spiro atoms. The molecule has 1 heterocycles. The number of hydrogen-bond acceptors (Lipinski definition) is 3. The first-order chi connectivity index (χ1) is 11.7. The molecule has 0 bridgehead atoms. The van der Waals surface area contributed by atoms with Crippen LogP contribution < -0.4 is 0 Å². The molecule has 0 saturated heterocycles. The van der Waals surface area contributed by atoms with Crippen molar-refractivity contribution in [2.75, 3.05) is 0 Å². The molecule has 3 nitrogen and oxygen atoms in total. The van der Waals surface area contributed by atoms with Gasteiger partial charge in [-0.3, -0.25) is 0 Å². The Labute approximate surface area is 143 Å². The Morgan fingerprint density at radius 2 is 1.42 bits per heavy atom. The van der Waals surface area contributed by atoms with E-state index >= 15 is 0 Å². The van der Waals surface area contributed by atoms with Crippen LogP contribution in [0.3, 0.4) is 0 Å². The number of aromatic carboxylic acids is 1. The van der Waals surface area contributed by atoms with Crippen molar-refractivity contribution in [1.82, 2.24) is 0 Å². The number of nitrogens with zero attached hydrogens (tertiary/aromatic N) is 1. The minimum Gasteiger partial charge on any atom is -0.478 e. The number of hydrogen-bond donors (Lipinski definition) is 1. The summed E-state index contributed by atoms with van der Waals surface area (Å²) in [5.74, 6) is -0.948. The van der Waals surface area contributed by atoms with E-state index in [1.54, 1.807) is 23.9 Å². The third-order valence-electron chi connectivity index (χ3n) is 3.87. The number of para-hydroxylation sites is 1. The fourth-order valence-electron chi connectivity index (χ4n) is 2.77. The van der Waals surface area contributed by atoms with Crippen LogP contribution in [0.4, 0.5) is 5.69 Å². The van der Waals surface area contributed by atoms with Gasteiger partial charge in [0.2, 0.25) is 0 Å². The minimum absolute atomic E-state index is 0.260. The number of carboxylic acids is 1. The van der Waals surface area contributed by atoms with E-state index in [9.17, 15) is 9.90 Å². The molecule has 4 heteroatoms. The molecule has 4 rings (SSSR count). The highest BCUT2D eigenvalue weighted by molar-refractivity contribution is 7.99.